The Hall–Kier alpha value is -0.730. The first-order valence-corrected chi connectivity index (χ1v) is 4.96. The number of nitrogens with one attached hydrogen (secondary N) is 1. The van der Waals surface area contributed by atoms with Crippen molar-refractivity contribution in [1.29, 1.82) is 5.41 Å². The molecule has 0 aliphatic carbocycles. The van der Waals surface area contributed by atoms with Gasteiger partial charge in [0.1, 0.15) is 0 Å². The summed E-state index contributed by atoms with van der Waals surface area (Å²) in [5, 5.41) is 7.94. The zero-order valence-electron chi connectivity index (χ0n) is 7.55. The minimum absolute atomic E-state index is 0.782. The minimum atomic E-state index is 0.782. The third kappa shape index (κ3) is 1.40. The van der Waals surface area contributed by atoms with Crippen LogP contribution in [0, 0.1) is 5.41 Å². The Bertz CT molecular complexity index is 149. The van der Waals surface area contributed by atoms with Crippen molar-refractivity contribution in [3.8, 4) is 0 Å². The molecule has 2 rings (SSSR count). The number of hydrogen-bond acceptors (Lipinski definition) is 1. The van der Waals surface area contributed by atoms with Crippen molar-refractivity contribution in [2.24, 2.45) is 0 Å². The second-order valence-electron chi connectivity index (χ2n) is 3.71. The Morgan fingerprint density at radius 3 is 1.42 bits per heavy atom. The van der Waals surface area contributed by atoms with E-state index in [0.717, 1.165) is 32.1 Å². The van der Waals surface area contributed by atoms with E-state index in [-0.39, 0.29) is 0 Å². The second kappa shape index (κ2) is 3.33. The van der Waals surface area contributed by atoms with Gasteiger partial charge in [-0.2, -0.15) is 0 Å². The van der Waals surface area contributed by atoms with Gasteiger partial charge in [-0.1, -0.05) is 0 Å². The standard InChI is InChI=1S/C9H17N3/c10-9(11-5-1-2-6-11)12-7-3-4-8-12/h10H,1-8H2. The number of hydrogen-bond donors (Lipinski definition) is 1. The Morgan fingerprint density at radius 2 is 1.08 bits per heavy atom. The molecule has 0 bridgehead atoms. The summed E-state index contributed by atoms with van der Waals surface area (Å²) in [7, 11) is 0. The lowest BCUT2D eigenvalue weighted by atomic mass is 10.4. The van der Waals surface area contributed by atoms with Crippen LogP contribution in [0.2, 0.25) is 0 Å². The first kappa shape index (κ1) is 7.90. The average molecular weight is 167 g/mol. The van der Waals surface area contributed by atoms with E-state index in [1.807, 2.05) is 0 Å². The van der Waals surface area contributed by atoms with E-state index in [0.29, 0.717) is 0 Å². The molecule has 2 aliphatic heterocycles. The van der Waals surface area contributed by atoms with Gasteiger partial charge in [0.05, 0.1) is 0 Å². The topological polar surface area (TPSA) is 30.3 Å². The van der Waals surface area contributed by atoms with Crippen LogP contribution in [0.15, 0.2) is 0 Å². The van der Waals surface area contributed by atoms with Crippen molar-refractivity contribution in [3.05, 3.63) is 0 Å². The molecule has 0 aromatic rings. The number of guanidine groups is 1. The molecule has 0 spiro atoms. The first-order chi connectivity index (χ1) is 5.88. The van der Waals surface area contributed by atoms with E-state index >= 15 is 0 Å². The Labute approximate surface area is 73.9 Å². The molecule has 2 fully saturated rings. The molecule has 0 radical (unpaired) electrons. The third-order valence-electron chi connectivity index (χ3n) is 2.81. The molecule has 12 heavy (non-hydrogen) atoms. The van der Waals surface area contributed by atoms with Crippen LogP contribution >= 0.6 is 0 Å². The molecule has 0 atom stereocenters. The lowest BCUT2D eigenvalue weighted by Gasteiger charge is -2.26. The molecule has 0 amide bonds. The van der Waals surface area contributed by atoms with Crippen LogP contribution in [0.3, 0.4) is 0 Å². The van der Waals surface area contributed by atoms with Crippen LogP contribution in [-0.4, -0.2) is 41.9 Å². The van der Waals surface area contributed by atoms with Crippen LogP contribution in [0.25, 0.3) is 0 Å². The van der Waals surface area contributed by atoms with Gasteiger partial charge >= 0.3 is 0 Å². The maximum atomic E-state index is 7.94. The van der Waals surface area contributed by atoms with Gasteiger partial charge in [0.2, 0.25) is 0 Å². The predicted octanol–water partition coefficient (Wildman–Crippen LogP) is 1.11. The van der Waals surface area contributed by atoms with Crippen LogP contribution in [0.4, 0.5) is 0 Å². The molecule has 0 saturated carbocycles. The summed E-state index contributed by atoms with van der Waals surface area (Å²) >= 11 is 0. The predicted molar refractivity (Wildman–Crippen MR) is 49.3 cm³/mol. The Kier molecular flexibility index (Phi) is 2.19. The van der Waals surface area contributed by atoms with Gasteiger partial charge in [0.15, 0.2) is 5.96 Å². The summed E-state index contributed by atoms with van der Waals surface area (Å²) in [6, 6.07) is 0. The molecule has 0 aromatic heterocycles. The normalized spacial score (nSPS) is 23.7. The maximum Gasteiger partial charge on any atom is 0.193 e. The summed E-state index contributed by atoms with van der Waals surface area (Å²) < 4.78 is 0. The van der Waals surface area contributed by atoms with Gasteiger partial charge in [0.25, 0.3) is 0 Å². The molecule has 3 nitrogen and oxygen atoms in total. The number of likely N-dealkylation sites (tertiary alicyclic amines) is 2. The van der Waals surface area contributed by atoms with Gasteiger partial charge in [0, 0.05) is 26.2 Å². The third-order valence-corrected chi connectivity index (χ3v) is 2.81. The fourth-order valence-corrected chi connectivity index (χ4v) is 2.06. The van der Waals surface area contributed by atoms with Crippen molar-refractivity contribution >= 4 is 5.96 Å². The second-order valence-corrected chi connectivity index (χ2v) is 3.71. The lowest BCUT2D eigenvalue weighted by Crippen LogP contribution is -2.40. The van der Waals surface area contributed by atoms with E-state index in [1.54, 1.807) is 0 Å². The molecule has 0 aromatic carbocycles. The molecule has 2 saturated heterocycles. The Morgan fingerprint density at radius 1 is 0.750 bits per heavy atom. The largest absolute Gasteiger partial charge is 0.343 e. The minimum Gasteiger partial charge on any atom is -0.343 e. The van der Waals surface area contributed by atoms with Crippen molar-refractivity contribution < 1.29 is 0 Å². The molecule has 0 unspecified atom stereocenters. The summed E-state index contributed by atoms with van der Waals surface area (Å²) in [6.45, 7) is 4.43. The zero-order chi connectivity index (χ0) is 8.39. The zero-order valence-corrected chi connectivity index (χ0v) is 7.55. The highest BCUT2D eigenvalue weighted by atomic mass is 15.4. The van der Waals surface area contributed by atoms with Crippen LogP contribution < -0.4 is 0 Å². The molecular formula is C9H17N3. The number of nitrogens with zero attached hydrogens (tertiary/aromatic N) is 2. The monoisotopic (exact) mass is 167 g/mol. The summed E-state index contributed by atoms with van der Waals surface area (Å²) in [5.74, 6) is 0.782. The quantitative estimate of drug-likeness (QED) is 0.433. The van der Waals surface area contributed by atoms with E-state index in [4.69, 9.17) is 5.41 Å². The lowest BCUT2D eigenvalue weighted by molar-refractivity contribution is 0.390. The maximum absolute atomic E-state index is 7.94. The fraction of sp³-hybridized carbons (Fsp3) is 0.889. The van der Waals surface area contributed by atoms with Crippen LogP contribution in [-0.2, 0) is 0 Å². The van der Waals surface area contributed by atoms with E-state index in [9.17, 15) is 0 Å². The van der Waals surface area contributed by atoms with E-state index in [1.165, 1.54) is 25.7 Å². The summed E-state index contributed by atoms with van der Waals surface area (Å²) in [4.78, 5) is 4.43. The first-order valence-electron chi connectivity index (χ1n) is 4.96. The van der Waals surface area contributed by atoms with Crippen molar-refractivity contribution in [3.63, 3.8) is 0 Å². The number of rotatable bonds is 0. The van der Waals surface area contributed by atoms with E-state index < -0.39 is 0 Å². The molecule has 2 heterocycles. The summed E-state index contributed by atoms with van der Waals surface area (Å²) in [5.41, 5.74) is 0. The highest BCUT2D eigenvalue weighted by Gasteiger charge is 2.22. The van der Waals surface area contributed by atoms with E-state index in [2.05, 4.69) is 9.80 Å². The molecule has 3 heteroatoms. The van der Waals surface area contributed by atoms with Gasteiger partial charge < -0.3 is 9.80 Å². The smallest absolute Gasteiger partial charge is 0.193 e. The van der Waals surface area contributed by atoms with Gasteiger partial charge in [-0.3, -0.25) is 5.41 Å². The van der Waals surface area contributed by atoms with Gasteiger partial charge in [-0.05, 0) is 25.7 Å². The molecular weight excluding hydrogens is 150 g/mol. The van der Waals surface area contributed by atoms with Crippen molar-refractivity contribution in [2.75, 3.05) is 26.2 Å². The van der Waals surface area contributed by atoms with Gasteiger partial charge in [-0.15, -0.1) is 0 Å². The average Bonchev–Trinajstić information content (AvgIpc) is 2.77. The Balaban J connectivity index is 1.89. The van der Waals surface area contributed by atoms with Gasteiger partial charge in [-0.25, -0.2) is 0 Å². The molecule has 1 N–H and O–H groups in total. The van der Waals surface area contributed by atoms with Crippen LogP contribution in [0.1, 0.15) is 25.7 Å². The highest BCUT2D eigenvalue weighted by Crippen LogP contribution is 2.14. The SMILES string of the molecule is N=C(N1CCCC1)N1CCCC1. The van der Waals surface area contributed by atoms with Crippen LogP contribution in [0.5, 0.6) is 0 Å². The van der Waals surface area contributed by atoms with Crippen molar-refractivity contribution in [2.45, 2.75) is 25.7 Å². The highest BCUT2D eigenvalue weighted by molar-refractivity contribution is 5.77. The molecule has 2 aliphatic rings. The fourth-order valence-electron chi connectivity index (χ4n) is 2.06. The summed E-state index contributed by atoms with van der Waals surface area (Å²) in [6.07, 6.45) is 5.10. The molecule has 68 valence electrons. The van der Waals surface area contributed by atoms with Crippen molar-refractivity contribution in [1.82, 2.24) is 9.80 Å².